The summed E-state index contributed by atoms with van der Waals surface area (Å²) in [5.41, 5.74) is 1.68. The second-order valence-electron chi connectivity index (χ2n) is 5.73. The highest BCUT2D eigenvalue weighted by atomic mass is 19.1. The van der Waals surface area contributed by atoms with Crippen LogP contribution in [-0.2, 0) is 17.8 Å². The van der Waals surface area contributed by atoms with Crippen molar-refractivity contribution in [3.8, 4) is 11.5 Å². The predicted octanol–water partition coefficient (Wildman–Crippen LogP) is 3.48. The van der Waals surface area contributed by atoms with Crippen molar-refractivity contribution in [3.05, 3.63) is 59.4 Å². The van der Waals surface area contributed by atoms with E-state index in [4.69, 9.17) is 9.47 Å². The number of hydrogen-bond donors (Lipinski definition) is 1. The summed E-state index contributed by atoms with van der Waals surface area (Å²) in [5.74, 6) is 0.876. The number of halogens is 1. The van der Waals surface area contributed by atoms with E-state index < -0.39 is 0 Å². The third kappa shape index (κ3) is 5.26. The standard InChI is InChI=1S/C19H22FNO3/c1-13(2)24-17-9-6-15(10-18(17)23-3)12-21-19(22)11-14-4-7-16(20)8-5-14/h4-10,13H,11-12H2,1-3H3,(H,21,22). The summed E-state index contributed by atoms with van der Waals surface area (Å²) < 4.78 is 23.8. The summed E-state index contributed by atoms with van der Waals surface area (Å²) in [5, 5.41) is 2.84. The van der Waals surface area contributed by atoms with Crippen molar-refractivity contribution in [1.29, 1.82) is 0 Å². The molecule has 5 heteroatoms. The van der Waals surface area contributed by atoms with Gasteiger partial charge in [0.2, 0.25) is 5.91 Å². The molecule has 0 radical (unpaired) electrons. The fourth-order valence-corrected chi connectivity index (χ4v) is 2.22. The zero-order chi connectivity index (χ0) is 17.5. The Kier molecular flexibility index (Phi) is 6.18. The molecule has 0 aliphatic rings. The maximum atomic E-state index is 12.9. The highest BCUT2D eigenvalue weighted by Gasteiger charge is 2.09. The van der Waals surface area contributed by atoms with Gasteiger partial charge in [0, 0.05) is 6.54 Å². The quantitative estimate of drug-likeness (QED) is 0.845. The van der Waals surface area contributed by atoms with E-state index >= 15 is 0 Å². The maximum Gasteiger partial charge on any atom is 0.224 e. The van der Waals surface area contributed by atoms with E-state index in [1.54, 1.807) is 19.2 Å². The molecule has 0 saturated heterocycles. The molecule has 1 N–H and O–H groups in total. The zero-order valence-corrected chi connectivity index (χ0v) is 14.1. The summed E-state index contributed by atoms with van der Waals surface area (Å²) in [6.07, 6.45) is 0.270. The molecule has 0 spiro atoms. The van der Waals surface area contributed by atoms with Gasteiger partial charge in [0.05, 0.1) is 19.6 Å². The number of rotatable bonds is 7. The molecule has 0 bridgehead atoms. The van der Waals surface area contributed by atoms with Crippen LogP contribution in [0.1, 0.15) is 25.0 Å². The lowest BCUT2D eigenvalue weighted by Gasteiger charge is -2.14. The molecule has 128 valence electrons. The molecule has 0 heterocycles. The average Bonchev–Trinajstić information content (AvgIpc) is 2.55. The minimum Gasteiger partial charge on any atom is -0.493 e. The van der Waals surface area contributed by atoms with Gasteiger partial charge in [-0.15, -0.1) is 0 Å². The van der Waals surface area contributed by atoms with Gasteiger partial charge in [-0.25, -0.2) is 4.39 Å². The fraction of sp³-hybridized carbons (Fsp3) is 0.316. The Morgan fingerprint density at radius 3 is 2.38 bits per heavy atom. The molecule has 2 rings (SSSR count). The molecule has 2 aromatic carbocycles. The van der Waals surface area contributed by atoms with Crippen LogP contribution in [0.25, 0.3) is 0 Å². The number of carbonyl (C=O) groups is 1. The average molecular weight is 331 g/mol. The van der Waals surface area contributed by atoms with Gasteiger partial charge in [0.25, 0.3) is 0 Å². The lowest BCUT2D eigenvalue weighted by Crippen LogP contribution is -2.24. The Morgan fingerprint density at radius 1 is 1.08 bits per heavy atom. The molecule has 0 fully saturated rings. The van der Waals surface area contributed by atoms with Crippen LogP contribution in [0.15, 0.2) is 42.5 Å². The van der Waals surface area contributed by atoms with Gasteiger partial charge in [-0.1, -0.05) is 18.2 Å². The van der Waals surface area contributed by atoms with Gasteiger partial charge in [0.1, 0.15) is 5.82 Å². The van der Waals surface area contributed by atoms with Crippen LogP contribution in [0.4, 0.5) is 4.39 Å². The number of carbonyl (C=O) groups excluding carboxylic acids is 1. The van der Waals surface area contributed by atoms with Crippen molar-refractivity contribution >= 4 is 5.91 Å². The third-order valence-electron chi connectivity index (χ3n) is 3.36. The molecule has 24 heavy (non-hydrogen) atoms. The minimum absolute atomic E-state index is 0.0557. The number of benzene rings is 2. The van der Waals surface area contributed by atoms with E-state index in [1.807, 2.05) is 32.0 Å². The zero-order valence-electron chi connectivity index (χ0n) is 14.1. The SMILES string of the molecule is COc1cc(CNC(=O)Cc2ccc(F)cc2)ccc1OC(C)C. The van der Waals surface area contributed by atoms with E-state index in [9.17, 15) is 9.18 Å². The Balaban J connectivity index is 1.93. The monoisotopic (exact) mass is 331 g/mol. The van der Waals surface area contributed by atoms with Crippen molar-refractivity contribution in [2.75, 3.05) is 7.11 Å². The first-order valence-corrected chi connectivity index (χ1v) is 7.82. The van der Waals surface area contributed by atoms with Crippen LogP contribution in [0.3, 0.4) is 0 Å². The van der Waals surface area contributed by atoms with E-state index in [-0.39, 0.29) is 24.2 Å². The molecule has 0 aromatic heterocycles. The first-order chi connectivity index (χ1) is 11.5. The molecule has 0 aliphatic carbocycles. The second kappa shape index (κ2) is 8.34. The molecule has 0 unspecified atom stereocenters. The van der Waals surface area contributed by atoms with E-state index in [1.165, 1.54) is 12.1 Å². The van der Waals surface area contributed by atoms with Crippen molar-refractivity contribution in [2.45, 2.75) is 32.9 Å². The molecule has 4 nitrogen and oxygen atoms in total. The van der Waals surface area contributed by atoms with Gasteiger partial charge >= 0.3 is 0 Å². The van der Waals surface area contributed by atoms with Gasteiger partial charge in [-0.3, -0.25) is 4.79 Å². The van der Waals surface area contributed by atoms with Gasteiger partial charge in [0.15, 0.2) is 11.5 Å². The Hall–Kier alpha value is -2.56. The Morgan fingerprint density at radius 2 is 1.75 bits per heavy atom. The van der Waals surface area contributed by atoms with E-state index in [2.05, 4.69) is 5.32 Å². The second-order valence-corrected chi connectivity index (χ2v) is 5.73. The first kappa shape index (κ1) is 17.8. The molecular formula is C19H22FNO3. The molecule has 0 saturated carbocycles. The van der Waals surface area contributed by atoms with Crippen molar-refractivity contribution < 1.29 is 18.7 Å². The summed E-state index contributed by atoms with van der Waals surface area (Å²) in [4.78, 5) is 12.0. The predicted molar refractivity (Wildman–Crippen MR) is 90.7 cm³/mol. The van der Waals surface area contributed by atoms with Crippen molar-refractivity contribution in [2.24, 2.45) is 0 Å². The van der Waals surface area contributed by atoms with Gasteiger partial charge in [-0.2, -0.15) is 0 Å². The van der Waals surface area contributed by atoms with Crippen LogP contribution in [0, 0.1) is 5.82 Å². The number of amides is 1. The Labute approximate surface area is 141 Å². The lowest BCUT2D eigenvalue weighted by atomic mass is 10.1. The smallest absolute Gasteiger partial charge is 0.224 e. The van der Waals surface area contributed by atoms with Crippen LogP contribution >= 0.6 is 0 Å². The van der Waals surface area contributed by atoms with Gasteiger partial charge in [-0.05, 0) is 49.2 Å². The van der Waals surface area contributed by atoms with Crippen molar-refractivity contribution in [1.82, 2.24) is 5.32 Å². The first-order valence-electron chi connectivity index (χ1n) is 7.82. The number of nitrogens with one attached hydrogen (secondary N) is 1. The van der Waals surface area contributed by atoms with Crippen LogP contribution in [0.5, 0.6) is 11.5 Å². The molecular weight excluding hydrogens is 309 g/mol. The number of hydrogen-bond acceptors (Lipinski definition) is 3. The van der Waals surface area contributed by atoms with Crippen LogP contribution in [0.2, 0.25) is 0 Å². The van der Waals surface area contributed by atoms with Gasteiger partial charge < -0.3 is 14.8 Å². The lowest BCUT2D eigenvalue weighted by molar-refractivity contribution is -0.120. The molecule has 1 amide bonds. The third-order valence-corrected chi connectivity index (χ3v) is 3.36. The normalized spacial score (nSPS) is 10.5. The summed E-state index contributed by atoms with van der Waals surface area (Å²) in [7, 11) is 1.58. The van der Waals surface area contributed by atoms with Crippen molar-refractivity contribution in [3.63, 3.8) is 0 Å². The van der Waals surface area contributed by atoms with Crippen LogP contribution in [-0.4, -0.2) is 19.1 Å². The molecule has 0 atom stereocenters. The highest BCUT2D eigenvalue weighted by molar-refractivity contribution is 5.78. The summed E-state index contributed by atoms with van der Waals surface area (Å²) in [6, 6.07) is 11.5. The number of methoxy groups -OCH3 is 1. The van der Waals surface area contributed by atoms with E-state index in [0.29, 0.717) is 18.0 Å². The molecule has 0 aliphatic heterocycles. The largest absolute Gasteiger partial charge is 0.493 e. The summed E-state index contributed by atoms with van der Waals surface area (Å²) in [6.45, 7) is 4.28. The summed E-state index contributed by atoms with van der Waals surface area (Å²) >= 11 is 0. The van der Waals surface area contributed by atoms with E-state index in [0.717, 1.165) is 11.1 Å². The Bertz CT molecular complexity index is 684. The fourth-order valence-electron chi connectivity index (χ4n) is 2.22. The number of ether oxygens (including phenoxy) is 2. The molecule has 2 aromatic rings. The highest BCUT2D eigenvalue weighted by Crippen LogP contribution is 2.28. The maximum absolute atomic E-state index is 12.9. The topological polar surface area (TPSA) is 47.6 Å². The van der Waals surface area contributed by atoms with Crippen LogP contribution < -0.4 is 14.8 Å². The minimum atomic E-state index is -0.310.